The quantitative estimate of drug-likeness (QED) is 0.860. The van der Waals surface area contributed by atoms with Crippen LogP contribution in [0.3, 0.4) is 0 Å². The molecule has 1 aromatic heterocycles. The van der Waals surface area contributed by atoms with Crippen LogP contribution in [0.15, 0.2) is 12.4 Å². The van der Waals surface area contributed by atoms with E-state index in [1.165, 1.54) is 18.4 Å². The molecule has 1 fully saturated rings. The maximum absolute atomic E-state index is 6.02. The molecule has 2 heterocycles. The average molecular weight is 265 g/mol. The lowest BCUT2D eigenvalue weighted by molar-refractivity contribution is 0.0984. The van der Waals surface area contributed by atoms with Gasteiger partial charge in [0, 0.05) is 37.4 Å². The normalized spacial score (nSPS) is 22.9. The first-order valence-electron chi connectivity index (χ1n) is 7.28. The molecule has 0 radical (unpaired) electrons. The van der Waals surface area contributed by atoms with E-state index in [0.717, 1.165) is 19.6 Å². The second kappa shape index (κ2) is 6.50. The Bertz CT molecular complexity index is 387. The maximum atomic E-state index is 6.02. The number of hydrogen-bond acceptors (Lipinski definition) is 4. The number of nitrogens with zero attached hydrogens (tertiary/aromatic N) is 4. The number of likely N-dealkylation sites (tertiary alicyclic amines) is 1. The second-order valence-electron chi connectivity index (χ2n) is 5.64. The van der Waals surface area contributed by atoms with Gasteiger partial charge in [0.1, 0.15) is 0 Å². The van der Waals surface area contributed by atoms with E-state index >= 15 is 0 Å². The van der Waals surface area contributed by atoms with E-state index in [-0.39, 0.29) is 0 Å². The van der Waals surface area contributed by atoms with Gasteiger partial charge in [0.25, 0.3) is 0 Å². The van der Waals surface area contributed by atoms with E-state index in [9.17, 15) is 0 Å². The van der Waals surface area contributed by atoms with Crippen LogP contribution in [0.2, 0.25) is 0 Å². The van der Waals surface area contributed by atoms with Crippen molar-refractivity contribution in [3.05, 3.63) is 18.0 Å². The Morgan fingerprint density at radius 1 is 1.53 bits per heavy atom. The zero-order chi connectivity index (χ0) is 13.8. The minimum Gasteiger partial charge on any atom is -0.329 e. The summed E-state index contributed by atoms with van der Waals surface area (Å²) in [6, 6.07) is 0.951. The van der Waals surface area contributed by atoms with Crippen LogP contribution in [0, 0.1) is 0 Å². The molecular weight excluding hydrogens is 238 g/mol. The maximum Gasteiger partial charge on any atom is 0.0538 e. The topological polar surface area (TPSA) is 50.3 Å². The molecule has 2 atom stereocenters. The van der Waals surface area contributed by atoms with E-state index in [0.29, 0.717) is 18.6 Å². The molecule has 0 spiro atoms. The molecule has 0 aromatic carbocycles. The molecule has 5 nitrogen and oxygen atoms in total. The first-order valence-corrected chi connectivity index (χ1v) is 7.28. The van der Waals surface area contributed by atoms with Crippen LogP contribution in [0.25, 0.3) is 0 Å². The Hall–Kier alpha value is -0.910. The number of aromatic nitrogens is 2. The van der Waals surface area contributed by atoms with Crippen LogP contribution in [0.5, 0.6) is 0 Å². The molecule has 0 saturated carbocycles. The lowest BCUT2D eigenvalue weighted by atomic mass is 10.0. The summed E-state index contributed by atoms with van der Waals surface area (Å²) in [6.07, 6.45) is 6.65. The van der Waals surface area contributed by atoms with E-state index in [1.807, 2.05) is 10.9 Å². The molecule has 1 saturated heterocycles. The molecule has 108 valence electrons. The molecular formula is C14H27N5. The fraction of sp³-hybridized carbons (Fsp3) is 0.786. The fourth-order valence-corrected chi connectivity index (χ4v) is 2.91. The van der Waals surface area contributed by atoms with Gasteiger partial charge in [-0.15, -0.1) is 0 Å². The molecule has 5 heteroatoms. The summed E-state index contributed by atoms with van der Waals surface area (Å²) in [6.45, 7) is 5.93. The Kier molecular flexibility index (Phi) is 4.96. The molecule has 1 aromatic rings. The Labute approximate surface area is 116 Å². The van der Waals surface area contributed by atoms with E-state index in [1.54, 1.807) is 0 Å². The number of likely N-dealkylation sites (N-methyl/N-ethyl adjacent to an activating group) is 1. The Morgan fingerprint density at radius 3 is 2.89 bits per heavy atom. The van der Waals surface area contributed by atoms with Gasteiger partial charge >= 0.3 is 0 Å². The van der Waals surface area contributed by atoms with Crippen molar-refractivity contribution < 1.29 is 0 Å². The summed E-state index contributed by atoms with van der Waals surface area (Å²) < 4.78 is 1.98. The summed E-state index contributed by atoms with van der Waals surface area (Å²) in [7, 11) is 4.33. The van der Waals surface area contributed by atoms with Crippen LogP contribution >= 0.6 is 0 Å². The van der Waals surface area contributed by atoms with Crippen LogP contribution in [-0.2, 0) is 6.54 Å². The molecule has 2 rings (SSSR count). The number of hydrogen-bond donors (Lipinski definition) is 1. The number of rotatable bonds is 5. The highest BCUT2D eigenvalue weighted by Gasteiger charge is 2.27. The van der Waals surface area contributed by atoms with Gasteiger partial charge in [0.2, 0.25) is 0 Å². The van der Waals surface area contributed by atoms with Crippen LogP contribution in [-0.4, -0.2) is 59.4 Å². The van der Waals surface area contributed by atoms with Gasteiger partial charge in [-0.3, -0.25) is 9.58 Å². The second-order valence-corrected chi connectivity index (χ2v) is 5.64. The molecule has 0 bridgehead atoms. The number of aryl methyl sites for hydroxylation is 1. The van der Waals surface area contributed by atoms with Crippen molar-refractivity contribution in [1.29, 1.82) is 0 Å². The highest BCUT2D eigenvalue weighted by molar-refractivity contribution is 5.12. The molecule has 2 N–H and O–H groups in total. The predicted octanol–water partition coefficient (Wildman–Crippen LogP) is 0.929. The van der Waals surface area contributed by atoms with E-state index in [4.69, 9.17) is 5.73 Å². The van der Waals surface area contributed by atoms with Crippen molar-refractivity contribution in [3.63, 3.8) is 0 Å². The first kappa shape index (κ1) is 14.5. The van der Waals surface area contributed by atoms with Crippen LogP contribution < -0.4 is 5.73 Å². The SMILES string of the molecule is CCn1cc(C(CN)N2CCCC(N(C)C)C2)cn1. The van der Waals surface area contributed by atoms with Crippen molar-refractivity contribution in [1.82, 2.24) is 19.6 Å². The summed E-state index contributed by atoms with van der Waals surface area (Å²) >= 11 is 0. The molecule has 2 unspecified atom stereocenters. The third kappa shape index (κ3) is 3.35. The summed E-state index contributed by atoms with van der Waals surface area (Å²) in [4.78, 5) is 4.85. The van der Waals surface area contributed by atoms with Crippen molar-refractivity contribution in [3.8, 4) is 0 Å². The van der Waals surface area contributed by atoms with Gasteiger partial charge in [0.15, 0.2) is 0 Å². The Morgan fingerprint density at radius 2 is 2.32 bits per heavy atom. The lowest BCUT2D eigenvalue weighted by Crippen LogP contribution is -2.47. The molecule has 1 aliphatic heterocycles. The lowest BCUT2D eigenvalue weighted by Gasteiger charge is -2.40. The smallest absolute Gasteiger partial charge is 0.0538 e. The third-order valence-corrected chi connectivity index (χ3v) is 4.18. The van der Waals surface area contributed by atoms with Crippen molar-refractivity contribution in [2.45, 2.75) is 38.4 Å². The monoisotopic (exact) mass is 265 g/mol. The molecule has 19 heavy (non-hydrogen) atoms. The van der Waals surface area contributed by atoms with Crippen LogP contribution in [0.1, 0.15) is 31.4 Å². The third-order valence-electron chi connectivity index (χ3n) is 4.18. The van der Waals surface area contributed by atoms with Crippen molar-refractivity contribution in [2.24, 2.45) is 5.73 Å². The van der Waals surface area contributed by atoms with Gasteiger partial charge in [-0.1, -0.05) is 0 Å². The van der Waals surface area contributed by atoms with Crippen molar-refractivity contribution >= 4 is 0 Å². The molecule has 0 aliphatic carbocycles. The predicted molar refractivity (Wildman–Crippen MR) is 78.0 cm³/mol. The highest BCUT2D eigenvalue weighted by atomic mass is 15.3. The zero-order valence-electron chi connectivity index (χ0n) is 12.4. The minimum atomic E-state index is 0.308. The van der Waals surface area contributed by atoms with Crippen LogP contribution in [0.4, 0.5) is 0 Å². The fourth-order valence-electron chi connectivity index (χ4n) is 2.91. The molecule has 1 aliphatic rings. The van der Waals surface area contributed by atoms with Crippen molar-refractivity contribution in [2.75, 3.05) is 33.7 Å². The number of piperidine rings is 1. The zero-order valence-corrected chi connectivity index (χ0v) is 12.4. The van der Waals surface area contributed by atoms with E-state index < -0.39 is 0 Å². The standard InChI is InChI=1S/C14H27N5/c1-4-19-10-12(9-16-19)14(8-15)18-7-5-6-13(11-18)17(2)3/h9-10,13-14H,4-8,11,15H2,1-3H3. The van der Waals surface area contributed by atoms with Gasteiger partial charge in [-0.05, 0) is 40.4 Å². The summed E-state index contributed by atoms with van der Waals surface area (Å²) in [5.41, 5.74) is 7.27. The van der Waals surface area contributed by atoms with Gasteiger partial charge in [0.05, 0.1) is 12.2 Å². The van der Waals surface area contributed by atoms with Gasteiger partial charge in [-0.2, -0.15) is 5.10 Å². The van der Waals surface area contributed by atoms with E-state index in [2.05, 4.69) is 42.1 Å². The average Bonchev–Trinajstić information content (AvgIpc) is 2.89. The van der Waals surface area contributed by atoms with Gasteiger partial charge < -0.3 is 10.6 Å². The largest absolute Gasteiger partial charge is 0.329 e. The van der Waals surface area contributed by atoms with Gasteiger partial charge in [-0.25, -0.2) is 0 Å². The number of nitrogens with two attached hydrogens (primary N) is 1. The summed E-state index contributed by atoms with van der Waals surface area (Å²) in [5, 5.41) is 4.38. The summed E-state index contributed by atoms with van der Waals surface area (Å²) in [5.74, 6) is 0. The highest BCUT2D eigenvalue weighted by Crippen LogP contribution is 2.24. The Balaban J connectivity index is 2.08. The minimum absolute atomic E-state index is 0.308. The molecule has 0 amide bonds. The first-order chi connectivity index (χ1) is 9.15.